The molecular formula is C8H9F2NO3. The molecule has 1 saturated carbocycles. The minimum Gasteiger partial charge on any atom is -0.376 e. The fraction of sp³-hybridized carbons (Fsp3) is 0.750. The molecule has 1 aliphatic heterocycles. The lowest BCUT2D eigenvalue weighted by molar-refractivity contribution is -0.147. The lowest BCUT2D eigenvalue weighted by Gasteiger charge is -2.37. The minimum atomic E-state index is -2.82. The average Bonchev–Trinajstić information content (AvgIpc) is 2.81. The van der Waals surface area contributed by atoms with Gasteiger partial charge in [-0.3, -0.25) is 9.69 Å². The second-order valence-electron chi connectivity index (χ2n) is 3.67. The van der Waals surface area contributed by atoms with Crippen molar-refractivity contribution in [1.82, 2.24) is 4.90 Å². The Balaban J connectivity index is 1.76. The van der Waals surface area contributed by atoms with Crippen LogP contribution in [0, 0.1) is 5.92 Å². The zero-order chi connectivity index (χ0) is 10.3. The molecule has 0 radical (unpaired) electrons. The molecule has 2 rings (SSSR count). The molecular weight excluding hydrogens is 196 g/mol. The van der Waals surface area contributed by atoms with Crippen LogP contribution in [0.5, 0.6) is 0 Å². The van der Waals surface area contributed by atoms with Crippen molar-refractivity contribution in [3.8, 4) is 0 Å². The molecule has 1 aliphatic carbocycles. The molecule has 1 heterocycles. The Labute approximate surface area is 78.8 Å². The molecule has 78 valence electrons. The second-order valence-corrected chi connectivity index (χ2v) is 3.67. The smallest absolute Gasteiger partial charge is 0.376 e. The Bertz CT molecular complexity index is 280. The first-order valence-corrected chi connectivity index (χ1v) is 4.36. The Morgan fingerprint density at radius 1 is 1.29 bits per heavy atom. The highest BCUT2D eigenvalue weighted by atomic mass is 19.3. The molecule has 0 spiro atoms. The normalized spacial score (nSPS) is 24.0. The van der Waals surface area contributed by atoms with E-state index in [4.69, 9.17) is 0 Å². The molecule has 0 atom stereocenters. The van der Waals surface area contributed by atoms with Crippen molar-refractivity contribution in [1.29, 1.82) is 0 Å². The molecule has 6 heteroatoms. The number of hydrogen-bond acceptors (Lipinski definition) is 3. The highest BCUT2D eigenvalue weighted by Crippen LogP contribution is 2.31. The van der Waals surface area contributed by atoms with Crippen LogP contribution < -0.4 is 0 Å². The van der Waals surface area contributed by atoms with Crippen molar-refractivity contribution < 1.29 is 23.1 Å². The largest absolute Gasteiger partial charge is 0.417 e. The molecule has 2 aliphatic rings. The maximum Gasteiger partial charge on any atom is 0.417 e. The van der Waals surface area contributed by atoms with E-state index in [0.717, 1.165) is 17.7 Å². The maximum absolute atomic E-state index is 12.3. The summed E-state index contributed by atoms with van der Waals surface area (Å²) in [5.41, 5.74) is 0. The van der Waals surface area contributed by atoms with Gasteiger partial charge in [0.15, 0.2) is 0 Å². The van der Waals surface area contributed by atoms with Gasteiger partial charge in [-0.1, -0.05) is 0 Å². The second kappa shape index (κ2) is 2.90. The molecule has 1 saturated heterocycles. The van der Waals surface area contributed by atoms with E-state index in [2.05, 4.69) is 4.74 Å². The summed E-state index contributed by atoms with van der Waals surface area (Å²) in [5.74, 6) is -3.60. The van der Waals surface area contributed by atoms with Gasteiger partial charge in [-0.15, -0.1) is 0 Å². The Morgan fingerprint density at radius 2 is 1.86 bits per heavy atom. The van der Waals surface area contributed by atoms with Crippen LogP contribution in [0.4, 0.5) is 13.6 Å². The molecule has 4 nitrogen and oxygen atoms in total. The lowest BCUT2D eigenvalue weighted by Crippen LogP contribution is -2.58. The fourth-order valence-electron chi connectivity index (χ4n) is 1.19. The summed E-state index contributed by atoms with van der Waals surface area (Å²) < 4.78 is 29.0. The summed E-state index contributed by atoms with van der Waals surface area (Å²) in [6, 6.07) is 0. The number of hydrogen-bond donors (Lipinski definition) is 0. The van der Waals surface area contributed by atoms with E-state index in [1.807, 2.05) is 0 Å². The summed E-state index contributed by atoms with van der Waals surface area (Å²) in [7, 11) is 0. The number of esters is 1. The average molecular weight is 205 g/mol. The summed E-state index contributed by atoms with van der Waals surface area (Å²) in [4.78, 5) is 22.8. The van der Waals surface area contributed by atoms with E-state index >= 15 is 0 Å². The first-order chi connectivity index (χ1) is 6.48. The quantitative estimate of drug-likeness (QED) is 0.474. The molecule has 1 amide bonds. The van der Waals surface area contributed by atoms with Crippen molar-refractivity contribution in [2.24, 2.45) is 5.92 Å². The minimum absolute atomic E-state index is 0.194. The van der Waals surface area contributed by atoms with Gasteiger partial charge in [0.05, 0.1) is 19.0 Å². The molecule has 0 aromatic carbocycles. The number of amides is 1. The van der Waals surface area contributed by atoms with Crippen LogP contribution in [0.1, 0.15) is 12.8 Å². The van der Waals surface area contributed by atoms with E-state index in [1.165, 1.54) is 0 Å². The van der Waals surface area contributed by atoms with Gasteiger partial charge in [0.1, 0.15) is 0 Å². The summed E-state index contributed by atoms with van der Waals surface area (Å²) in [5, 5.41) is 0. The number of nitrogens with zero attached hydrogens (tertiary/aromatic N) is 1. The van der Waals surface area contributed by atoms with Crippen LogP contribution >= 0.6 is 0 Å². The first-order valence-electron chi connectivity index (χ1n) is 4.36. The fourth-order valence-corrected chi connectivity index (χ4v) is 1.19. The highest BCUT2D eigenvalue weighted by Gasteiger charge is 2.48. The van der Waals surface area contributed by atoms with E-state index in [1.54, 1.807) is 0 Å². The number of likely N-dealkylation sites (tertiary alicyclic amines) is 1. The topological polar surface area (TPSA) is 46.6 Å². The Kier molecular flexibility index (Phi) is 1.94. The maximum atomic E-state index is 12.3. The van der Waals surface area contributed by atoms with Crippen LogP contribution in [0.2, 0.25) is 0 Å². The van der Waals surface area contributed by atoms with E-state index in [-0.39, 0.29) is 5.92 Å². The third-order valence-electron chi connectivity index (χ3n) is 2.20. The zero-order valence-electron chi connectivity index (χ0n) is 7.33. The van der Waals surface area contributed by atoms with Crippen LogP contribution in [-0.2, 0) is 9.53 Å². The number of carbonyl (C=O) groups is 2. The predicted octanol–water partition coefficient (Wildman–Crippen LogP) is 1.01. The number of halogens is 2. The monoisotopic (exact) mass is 205 g/mol. The lowest BCUT2D eigenvalue weighted by atomic mass is 10.2. The molecule has 0 aromatic heterocycles. The molecule has 0 bridgehead atoms. The molecule has 0 unspecified atom stereocenters. The van der Waals surface area contributed by atoms with Crippen LogP contribution in [-0.4, -0.2) is 36.0 Å². The number of rotatable bonds is 1. The van der Waals surface area contributed by atoms with E-state index in [9.17, 15) is 18.4 Å². The third-order valence-corrected chi connectivity index (χ3v) is 2.20. The van der Waals surface area contributed by atoms with Crippen LogP contribution in [0.3, 0.4) is 0 Å². The van der Waals surface area contributed by atoms with Crippen molar-refractivity contribution in [2.75, 3.05) is 13.1 Å². The number of carbonyl (C=O) groups excluding carboxylic acids is 2. The number of ether oxygens (including phenoxy) is 1. The summed E-state index contributed by atoms with van der Waals surface area (Å²) in [6.45, 7) is -1.30. The Morgan fingerprint density at radius 3 is 2.29 bits per heavy atom. The van der Waals surface area contributed by atoms with Crippen molar-refractivity contribution in [3.05, 3.63) is 0 Å². The van der Waals surface area contributed by atoms with E-state index in [0.29, 0.717) is 0 Å². The van der Waals surface area contributed by atoms with Crippen molar-refractivity contribution in [3.63, 3.8) is 0 Å². The predicted molar refractivity (Wildman–Crippen MR) is 40.7 cm³/mol. The van der Waals surface area contributed by atoms with Gasteiger partial charge in [0.25, 0.3) is 5.92 Å². The SMILES string of the molecule is O=C(OC(=O)N1CC(F)(F)C1)C1CC1. The van der Waals surface area contributed by atoms with Crippen molar-refractivity contribution >= 4 is 12.1 Å². The van der Waals surface area contributed by atoms with Crippen LogP contribution in [0.15, 0.2) is 0 Å². The van der Waals surface area contributed by atoms with Gasteiger partial charge in [-0.25, -0.2) is 13.6 Å². The molecule has 0 aromatic rings. The van der Waals surface area contributed by atoms with Gasteiger partial charge in [-0.05, 0) is 12.8 Å². The third kappa shape index (κ3) is 1.83. The van der Waals surface area contributed by atoms with Gasteiger partial charge < -0.3 is 4.74 Å². The van der Waals surface area contributed by atoms with Crippen LogP contribution in [0.25, 0.3) is 0 Å². The van der Waals surface area contributed by atoms with Crippen molar-refractivity contribution in [2.45, 2.75) is 18.8 Å². The zero-order valence-corrected chi connectivity index (χ0v) is 7.33. The summed E-state index contributed by atoms with van der Waals surface area (Å²) in [6.07, 6.45) is 0.498. The van der Waals surface area contributed by atoms with E-state index < -0.39 is 31.1 Å². The molecule has 14 heavy (non-hydrogen) atoms. The Hall–Kier alpha value is -1.20. The van der Waals surface area contributed by atoms with Gasteiger partial charge in [0, 0.05) is 0 Å². The first kappa shape index (κ1) is 9.36. The number of alkyl halides is 2. The van der Waals surface area contributed by atoms with Gasteiger partial charge in [-0.2, -0.15) is 0 Å². The van der Waals surface area contributed by atoms with Gasteiger partial charge >= 0.3 is 12.1 Å². The summed E-state index contributed by atoms with van der Waals surface area (Å²) >= 11 is 0. The standard InChI is InChI=1S/C8H9F2NO3/c9-8(10)3-11(4-8)7(13)14-6(12)5-1-2-5/h5H,1-4H2. The van der Waals surface area contributed by atoms with Gasteiger partial charge in [0.2, 0.25) is 0 Å². The highest BCUT2D eigenvalue weighted by molar-refractivity contribution is 5.87. The molecule has 0 N–H and O–H groups in total. The molecule has 2 fully saturated rings.